The summed E-state index contributed by atoms with van der Waals surface area (Å²) < 4.78 is 13.3. The van der Waals surface area contributed by atoms with Gasteiger partial charge in [0.25, 0.3) is 5.91 Å². The number of aryl methyl sites for hydroxylation is 2. The monoisotopic (exact) mass is 595 g/mol. The second kappa shape index (κ2) is 11.6. The molecule has 11 heteroatoms. The summed E-state index contributed by atoms with van der Waals surface area (Å²) in [5.74, 6) is 1.38. The van der Waals surface area contributed by atoms with Crippen molar-refractivity contribution < 1.29 is 19.1 Å². The Bertz CT molecular complexity index is 1190. The molecule has 0 atom stereocenters. The molecule has 0 unspecified atom stereocenters. The van der Waals surface area contributed by atoms with Gasteiger partial charge in [-0.1, -0.05) is 11.8 Å². The number of hydrogen-bond acceptors (Lipinski definition) is 7. The summed E-state index contributed by atoms with van der Waals surface area (Å²) in [6.07, 6.45) is 0. The number of rotatable bonds is 9. The summed E-state index contributed by atoms with van der Waals surface area (Å²) >= 11 is 3.54. The highest BCUT2D eigenvalue weighted by molar-refractivity contribution is 14.1. The van der Waals surface area contributed by atoms with Gasteiger partial charge >= 0.3 is 0 Å². The first-order chi connectivity index (χ1) is 16.2. The highest BCUT2D eigenvalue weighted by atomic mass is 127. The van der Waals surface area contributed by atoms with E-state index in [9.17, 15) is 9.59 Å². The molecule has 0 aliphatic carbocycles. The molecular weight excluding hydrogens is 569 g/mol. The second-order valence-electron chi connectivity index (χ2n) is 7.46. The third kappa shape index (κ3) is 6.20. The number of methoxy groups -OCH3 is 2. The van der Waals surface area contributed by atoms with Crippen molar-refractivity contribution in [3.8, 4) is 11.5 Å². The Balaban J connectivity index is 1.57. The molecule has 180 valence electrons. The van der Waals surface area contributed by atoms with Crippen LogP contribution in [0.5, 0.6) is 11.5 Å². The zero-order valence-electron chi connectivity index (χ0n) is 19.6. The van der Waals surface area contributed by atoms with Gasteiger partial charge in [0, 0.05) is 21.9 Å². The van der Waals surface area contributed by atoms with E-state index in [4.69, 9.17) is 9.47 Å². The number of thioether (sulfide) groups is 1. The average Bonchev–Trinajstić information content (AvgIpc) is 3.17. The van der Waals surface area contributed by atoms with Crippen molar-refractivity contribution in [3.05, 3.63) is 56.4 Å². The maximum absolute atomic E-state index is 12.5. The molecule has 0 bridgehead atoms. The number of carbonyl (C=O) groups excluding carboxylic acids is 2. The Morgan fingerprint density at radius 1 is 1.06 bits per heavy atom. The van der Waals surface area contributed by atoms with Gasteiger partial charge in [0.05, 0.1) is 26.5 Å². The topological polar surface area (TPSA) is 107 Å². The van der Waals surface area contributed by atoms with Crippen LogP contribution < -0.4 is 20.1 Å². The number of amides is 2. The minimum absolute atomic E-state index is 0.122. The normalized spacial score (nSPS) is 10.6. The van der Waals surface area contributed by atoms with E-state index in [0.29, 0.717) is 28.0 Å². The van der Waals surface area contributed by atoms with E-state index in [1.807, 2.05) is 26.0 Å². The summed E-state index contributed by atoms with van der Waals surface area (Å²) in [4.78, 5) is 25.0. The zero-order valence-corrected chi connectivity index (χ0v) is 22.5. The molecule has 3 aromatic rings. The lowest BCUT2D eigenvalue weighted by atomic mass is 10.1. The van der Waals surface area contributed by atoms with Gasteiger partial charge in [-0.2, -0.15) is 0 Å². The van der Waals surface area contributed by atoms with Crippen molar-refractivity contribution in [1.29, 1.82) is 0 Å². The van der Waals surface area contributed by atoms with E-state index in [1.54, 1.807) is 29.8 Å². The van der Waals surface area contributed by atoms with Crippen LogP contribution in [0.2, 0.25) is 0 Å². The average molecular weight is 595 g/mol. The molecule has 1 heterocycles. The number of aromatic nitrogens is 3. The molecule has 0 saturated heterocycles. The van der Waals surface area contributed by atoms with Crippen molar-refractivity contribution >= 4 is 51.9 Å². The molecule has 0 radical (unpaired) electrons. The zero-order chi connectivity index (χ0) is 24.8. The quantitative estimate of drug-likeness (QED) is 0.287. The van der Waals surface area contributed by atoms with Crippen molar-refractivity contribution in [2.45, 2.75) is 25.5 Å². The Kier molecular flexibility index (Phi) is 8.78. The van der Waals surface area contributed by atoms with E-state index in [0.717, 1.165) is 20.4 Å². The molecule has 0 spiro atoms. The maximum Gasteiger partial charge on any atom is 0.251 e. The van der Waals surface area contributed by atoms with E-state index in [1.165, 1.54) is 26.0 Å². The first-order valence-electron chi connectivity index (χ1n) is 10.3. The highest BCUT2D eigenvalue weighted by Crippen LogP contribution is 2.27. The molecule has 0 saturated carbocycles. The fourth-order valence-corrected chi connectivity index (χ4v) is 4.94. The molecule has 2 N–H and O–H groups in total. The van der Waals surface area contributed by atoms with Crippen LogP contribution in [0.3, 0.4) is 0 Å². The number of ether oxygens (including phenoxy) is 2. The smallest absolute Gasteiger partial charge is 0.251 e. The van der Waals surface area contributed by atoms with Gasteiger partial charge in [-0.3, -0.25) is 9.59 Å². The predicted molar refractivity (Wildman–Crippen MR) is 140 cm³/mol. The Morgan fingerprint density at radius 3 is 2.38 bits per heavy atom. The minimum Gasteiger partial charge on any atom is -0.493 e. The lowest BCUT2D eigenvalue weighted by Gasteiger charge is -2.12. The number of halogens is 1. The van der Waals surface area contributed by atoms with Crippen LogP contribution >= 0.6 is 34.4 Å². The lowest BCUT2D eigenvalue weighted by molar-refractivity contribution is -0.113. The van der Waals surface area contributed by atoms with Crippen molar-refractivity contribution in [2.75, 3.05) is 25.3 Å². The van der Waals surface area contributed by atoms with E-state index in [2.05, 4.69) is 43.4 Å². The number of hydrogen-bond donors (Lipinski definition) is 2. The van der Waals surface area contributed by atoms with Crippen molar-refractivity contribution in [1.82, 2.24) is 20.1 Å². The molecular formula is C23H26IN5O4S. The summed E-state index contributed by atoms with van der Waals surface area (Å²) in [6.45, 7) is 4.14. The third-order valence-electron chi connectivity index (χ3n) is 5.07. The standard InChI is InChI=1S/C23H26IN5O4S/c1-13-8-16(24)9-14(2)21(13)26-20(30)12-34-23-28-27-19(29(23)3)11-25-22(31)15-6-7-17(32-4)18(10-15)33-5/h6-10H,11-12H2,1-5H3,(H,25,31)(H,26,30). The number of benzene rings is 2. The number of anilines is 1. The van der Waals surface area contributed by atoms with E-state index in [-0.39, 0.29) is 24.1 Å². The van der Waals surface area contributed by atoms with Crippen LogP contribution in [0.4, 0.5) is 5.69 Å². The number of nitrogens with one attached hydrogen (secondary N) is 2. The highest BCUT2D eigenvalue weighted by Gasteiger charge is 2.15. The Labute approximate surface area is 216 Å². The van der Waals surface area contributed by atoms with Gasteiger partial charge in [-0.25, -0.2) is 0 Å². The Morgan fingerprint density at radius 2 is 1.74 bits per heavy atom. The Hall–Kier alpha value is -2.80. The molecule has 0 fully saturated rings. The molecule has 0 aliphatic rings. The van der Waals surface area contributed by atoms with Gasteiger partial charge in [0.2, 0.25) is 5.91 Å². The van der Waals surface area contributed by atoms with Gasteiger partial charge in [0.1, 0.15) is 0 Å². The summed E-state index contributed by atoms with van der Waals surface area (Å²) in [6, 6.07) is 9.00. The summed E-state index contributed by atoms with van der Waals surface area (Å²) in [5, 5.41) is 14.7. The van der Waals surface area contributed by atoms with Crippen LogP contribution in [0.25, 0.3) is 0 Å². The first-order valence-corrected chi connectivity index (χ1v) is 12.4. The number of carbonyl (C=O) groups is 2. The molecule has 2 amide bonds. The fraction of sp³-hybridized carbons (Fsp3) is 0.304. The van der Waals surface area contributed by atoms with Crippen molar-refractivity contribution in [3.63, 3.8) is 0 Å². The molecule has 9 nitrogen and oxygen atoms in total. The largest absolute Gasteiger partial charge is 0.493 e. The first kappa shape index (κ1) is 25.8. The SMILES string of the molecule is COc1ccc(C(=O)NCc2nnc(SCC(=O)Nc3c(C)cc(I)cc3C)n2C)cc1OC. The summed E-state index contributed by atoms with van der Waals surface area (Å²) in [7, 11) is 4.85. The molecule has 1 aromatic heterocycles. The van der Waals surface area contributed by atoms with Crippen LogP contribution in [0.1, 0.15) is 27.3 Å². The third-order valence-corrected chi connectivity index (χ3v) is 6.72. The van der Waals surface area contributed by atoms with Gasteiger partial charge in [-0.05, 0) is 77.9 Å². The molecule has 3 rings (SSSR count). The van der Waals surface area contributed by atoms with Crippen LogP contribution in [-0.4, -0.2) is 46.6 Å². The fourth-order valence-electron chi connectivity index (χ4n) is 3.28. The van der Waals surface area contributed by atoms with E-state index < -0.39 is 0 Å². The van der Waals surface area contributed by atoms with Crippen LogP contribution in [-0.2, 0) is 18.4 Å². The van der Waals surface area contributed by atoms with E-state index >= 15 is 0 Å². The molecule has 0 aliphatic heterocycles. The van der Waals surface area contributed by atoms with Gasteiger partial charge in [0.15, 0.2) is 22.5 Å². The molecule has 2 aromatic carbocycles. The number of nitrogens with zero attached hydrogens (tertiary/aromatic N) is 3. The predicted octanol–water partition coefficient (Wildman–Crippen LogP) is 3.71. The minimum atomic E-state index is -0.277. The van der Waals surface area contributed by atoms with Gasteiger partial charge in [-0.15, -0.1) is 10.2 Å². The van der Waals surface area contributed by atoms with Gasteiger partial charge < -0.3 is 24.7 Å². The maximum atomic E-state index is 12.5. The summed E-state index contributed by atoms with van der Waals surface area (Å²) in [5.41, 5.74) is 3.32. The molecule has 34 heavy (non-hydrogen) atoms. The lowest BCUT2D eigenvalue weighted by Crippen LogP contribution is -2.24. The second-order valence-corrected chi connectivity index (χ2v) is 9.65. The van der Waals surface area contributed by atoms with Crippen LogP contribution in [0, 0.1) is 17.4 Å². The van der Waals surface area contributed by atoms with Crippen molar-refractivity contribution in [2.24, 2.45) is 7.05 Å². The van der Waals surface area contributed by atoms with Crippen LogP contribution in [0.15, 0.2) is 35.5 Å².